The monoisotopic (exact) mass is 454 g/mol. The molecule has 2 aromatic heterocycles. The summed E-state index contributed by atoms with van der Waals surface area (Å²) in [6.45, 7) is 8.26. The fraction of sp³-hybridized carbons (Fsp3) is 0.389. The van der Waals surface area contributed by atoms with E-state index in [4.69, 9.17) is 4.99 Å². The Morgan fingerprint density at radius 1 is 1.44 bits per heavy atom. The second-order valence-electron chi connectivity index (χ2n) is 5.51. The average Bonchev–Trinajstić information content (AvgIpc) is 3.13. The van der Waals surface area contributed by atoms with Crippen molar-refractivity contribution in [1.82, 2.24) is 24.8 Å². The highest BCUT2D eigenvalue weighted by Crippen LogP contribution is 2.08. The summed E-state index contributed by atoms with van der Waals surface area (Å²) in [5.74, 6) is 1.77. The summed E-state index contributed by atoms with van der Waals surface area (Å²) >= 11 is 0. The molecule has 0 atom stereocenters. The van der Waals surface area contributed by atoms with E-state index in [0.29, 0.717) is 6.54 Å². The predicted octanol–water partition coefficient (Wildman–Crippen LogP) is 3.25. The van der Waals surface area contributed by atoms with E-state index in [1.807, 2.05) is 29.0 Å². The molecule has 2 rings (SSSR count). The maximum atomic E-state index is 4.74. The van der Waals surface area contributed by atoms with Crippen LogP contribution < -0.4 is 5.32 Å². The molecule has 0 saturated carbocycles. The van der Waals surface area contributed by atoms with Crippen molar-refractivity contribution in [1.29, 1.82) is 0 Å². The summed E-state index contributed by atoms with van der Waals surface area (Å²) < 4.78 is 1.89. The Bertz CT molecular complexity index is 653. The van der Waals surface area contributed by atoms with Crippen LogP contribution in [0.15, 0.2) is 54.7 Å². The molecule has 0 aliphatic rings. The van der Waals surface area contributed by atoms with Gasteiger partial charge in [-0.1, -0.05) is 6.08 Å². The standard InChI is InChI=1S/C18H26N6.HI/c1-4-6-7-11-23(3)18(20-5-2)22-14-16-8-9-21-17(13-16)24-12-10-19-15-24;/h4,8-10,12-13,15H,1,5-7,11,14H2,2-3H3,(H,20,22);1H. The fourth-order valence-electron chi connectivity index (χ4n) is 2.31. The molecule has 0 amide bonds. The van der Waals surface area contributed by atoms with Crippen LogP contribution in [0, 0.1) is 0 Å². The Hall–Kier alpha value is -1.90. The van der Waals surface area contributed by atoms with Gasteiger partial charge in [-0.3, -0.25) is 4.57 Å². The number of hydrogen-bond acceptors (Lipinski definition) is 3. The van der Waals surface area contributed by atoms with E-state index in [0.717, 1.165) is 43.3 Å². The molecule has 0 radical (unpaired) electrons. The maximum Gasteiger partial charge on any atom is 0.193 e. The number of pyridine rings is 1. The van der Waals surface area contributed by atoms with Crippen LogP contribution in [0.1, 0.15) is 25.3 Å². The lowest BCUT2D eigenvalue weighted by atomic mass is 10.2. The van der Waals surface area contributed by atoms with E-state index >= 15 is 0 Å². The molecule has 0 aromatic carbocycles. The summed E-state index contributed by atoms with van der Waals surface area (Å²) in [5, 5.41) is 3.34. The number of nitrogens with one attached hydrogen (secondary N) is 1. The quantitative estimate of drug-likeness (QED) is 0.219. The highest BCUT2D eigenvalue weighted by atomic mass is 127. The SMILES string of the molecule is C=CCCCN(C)C(=NCc1ccnc(-n2ccnc2)c1)NCC.I. The summed E-state index contributed by atoms with van der Waals surface area (Å²) in [6.07, 6.45) is 11.2. The lowest BCUT2D eigenvalue weighted by molar-refractivity contribution is 0.470. The molecule has 7 heteroatoms. The van der Waals surface area contributed by atoms with Gasteiger partial charge in [-0.05, 0) is 37.5 Å². The Balaban J connectivity index is 0.00000312. The van der Waals surface area contributed by atoms with Crippen LogP contribution in [0.25, 0.3) is 5.82 Å². The van der Waals surface area contributed by atoms with E-state index in [-0.39, 0.29) is 24.0 Å². The third-order valence-electron chi connectivity index (χ3n) is 3.59. The van der Waals surface area contributed by atoms with Crippen molar-refractivity contribution in [2.75, 3.05) is 20.1 Å². The van der Waals surface area contributed by atoms with Crippen molar-refractivity contribution in [2.45, 2.75) is 26.3 Å². The number of nitrogens with zero attached hydrogens (tertiary/aromatic N) is 5. The summed E-state index contributed by atoms with van der Waals surface area (Å²) in [7, 11) is 2.06. The van der Waals surface area contributed by atoms with Gasteiger partial charge in [0.1, 0.15) is 12.1 Å². The number of rotatable bonds is 8. The van der Waals surface area contributed by atoms with E-state index in [9.17, 15) is 0 Å². The third-order valence-corrected chi connectivity index (χ3v) is 3.59. The van der Waals surface area contributed by atoms with Crippen molar-refractivity contribution in [3.63, 3.8) is 0 Å². The molecule has 0 spiro atoms. The molecule has 0 aliphatic carbocycles. The molecule has 0 aliphatic heterocycles. The number of halogens is 1. The number of imidazole rings is 1. The number of aliphatic imine (C=N–C) groups is 1. The van der Waals surface area contributed by atoms with Crippen molar-refractivity contribution in [3.8, 4) is 5.82 Å². The molecule has 0 fully saturated rings. The van der Waals surface area contributed by atoms with Crippen LogP contribution in [0.4, 0.5) is 0 Å². The van der Waals surface area contributed by atoms with Crippen LogP contribution in [-0.2, 0) is 6.54 Å². The predicted molar refractivity (Wildman–Crippen MR) is 114 cm³/mol. The van der Waals surface area contributed by atoms with Gasteiger partial charge in [-0.15, -0.1) is 30.6 Å². The summed E-state index contributed by atoms with van der Waals surface area (Å²) in [6, 6.07) is 4.03. The topological polar surface area (TPSA) is 58.3 Å². The summed E-state index contributed by atoms with van der Waals surface area (Å²) in [4.78, 5) is 15.3. The molecule has 0 saturated heterocycles. The van der Waals surface area contributed by atoms with Crippen molar-refractivity contribution >= 4 is 29.9 Å². The van der Waals surface area contributed by atoms with Gasteiger partial charge < -0.3 is 10.2 Å². The van der Waals surface area contributed by atoms with Crippen LogP contribution in [0.5, 0.6) is 0 Å². The minimum absolute atomic E-state index is 0. The Morgan fingerprint density at radius 2 is 2.28 bits per heavy atom. The highest BCUT2D eigenvalue weighted by molar-refractivity contribution is 14.0. The number of guanidine groups is 1. The normalized spacial score (nSPS) is 10.9. The van der Waals surface area contributed by atoms with Crippen LogP contribution in [0.3, 0.4) is 0 Å². The first kappa shape index (κ1) is 21.1. The van der Waals surface area contributed by atoms with Gasteiger partial charge in [0.2, 0.25) is 0 Å². The molecule has 0 bridgehead atoms. The smallest absolute Gasteiger partial charge is 0.193 e. The first-order chi connectivity index (χ1) is 11.7. The number of hydrogen-bond donors (Lipinski definition) is 1. The number of aromatic nitrogens is 3. The lowest BCUT2D eigenvalue weighted by Gasteiger charge is -2.21. The Morgan fingerprint density at radius 3 is 2.96 bits per heavy atom. The highest BCUT2D eigenvalue weighted by Gasteiger charge is 2.05. The Labute approximate surface area is 167 Å². The van der Waals surface area contributed by atoms with Gasteiger partial charge in [-0.2, -0.15) is 0 Å². The minimum Gasteiger partial charge on any atom is -0.357 e. The lowest BCUT2D eigenvalue weighted by Crippen LogP contribution is -2.39. The Kier molecular flexibility index (Phi) is 9.83. The molecule has 2 aromatic rings. The van der Waals surface area contributed by atoms with Crippen molar-refractivity contribution in [3.05, 3.63) is 55.3 Å². The van der Waals surface area contributed by atoms with E-state index in [1.165, 1.54) is 0 Å². The molecule has 0 unspecified atom stereocenters. The number of allylic oxidation sites excluding steroid dienone is 1. The molecule has 6 nitrogen and oxygen atoms in total. The zero-order chi connectivity index (χ0) is 17.2. The van der Waals surface area contributed by atoms with Gasteiger partial charge in [-0.25, -0.2) is 15.0 Å². The first-order valence-corrected chi connectivity index (χ1v) is 8.28. The van der Waals surface area contributed by atoms with Crippen LogP contribution in [0.2, 0.25) is 0 Å². The van der Waals surface area contributed by atoms with Gasteiger partial charge >= 0.3 is 0 Å². The van der Waals surface area contributed by atoms with Crippen molar-refractivity contribution in [2.24, 2.45) is 4.99 Å². The zero-order valence-corrected chi connectivity index (χ0v) is 17.3. The van der Waals surface area contributed by atoms with Gasteiger partial charge in [0.25, 0.3) is 0 Å². The fourth-order valence-corrected chi connectivity index (χ4v) is 2.31. The van der Waals surface area contributed by atoms with Crippen molar-refractivity contribution < 1.29 is 0 Å². The summed E-state index contributed by atoms with van der Waals surface area (Å²) in [5.41, 5.74) is 1.11. The molecule has 2 heterocycles. The van der Waals surface area contributed by atoms with Crippen LogP contribution in [-0.4, -0.2) is 45.5 Å². The maximum absolute atomic E-state index is 4.74. The van der Waals surface area contributed by atoms with E-state index in [1.54, 1.807) is 18.7 Å². The average molecular weight is 454 g/mol. The minimum atomic E-state index is 0. The third kappa shape index (κ3) is 6.85. The van der Waals surface area contributed by atoms with Gasteiger partial charge in [0.05, 0.1) is 6.54 Å². The first-order valence-electron chi connectivity index (χ1n) is 8.28. The molecular formula is C18H27IN6. The zero-order valence-electron chi connectivity index (χ0n) is 14.9. The number of unbranched alkanes of at least 4 members (excludes halogenated alkanes) is 1. The molecule has 25 heavy (non-hydrogen) atoms. The largest absolute Gasteiger partial charge is 0.357 e. The molecule has 136 valence electrons. The van der Waals surface area contributed by atoms with Crippen LogP contribution >= 0.6 is 24.0 Å². The molecular weight excluding hydrogens is 427 g/mol. The molecule has 1 N–H and O–H groups in total. The van der Waals surface area contributed by atoms with Gasteiger partial charge in [0.15, 0.2) is 5.96 Å². The second-order valence-corrected chi connectivity index (χ2v) is 5.51. The second kappa shape index (κ2) is 11.6. The van der Waals surface area contributed by atoms with E-state index < -0.39 is 0 Å². The van der Waals surface area contributed by atoms with E-state index in [2.05, 4.69) is 40.7 Å². The van der Waals surface area contributed by atoms with Gasteiger partial charge in [0, 0.05) is 38.7 Å².